The highest BCUT2D eigenvalue weighted by Gasteiger charge is 2.36. The van der Waals surface area contributed by atoms with Crippen molar-refractivity contribution in [2.75, 3.05) is 6.54 Å². The number of nitrogens with one attached hydrogen (secondary N) is 2. The van der Waals surface area contributed by atoms with Crippen LogP contribution >= 0.6 is 0 Å². The fourth-order valence-electron chi connectivity index (χ4n) is 2.09. The number of nitrogens with zero attached hydrogens (tertiary/aromatic N) is 2. The highest BCUT2D eigenvalue weighted by Crippen LogP contribution is 2.27. The molecule has 17 heavy (non-hydrogen) atoms. The number of hydrogen-bond donors (Lipinski definition) is 2. The summed E-state index contributed by atoms with van der Waals surface area (Å²) >= 11 is 0. The molecule has 0 aromatic carbocycles. The maximum Gasteiger partial charge on any atom is 0.323 e. The van der Waals surface area contributed by atoms with Crippen LogP contribution in [0.5, 0.6) is 0 Å². The van der Waals surface area contributed by atoms with Crippen molar-refractivity contribution in [2.24, 2.45) is 0 Å². The molecule has 1 aliphatic rings. The first-order chi connectivity index (χ1) is 8.15. The Morgan fingerprint density at radius 3 is 3.00 bits per heavy atom. The van der Waals surface area contributed by atoms with Gasteiger partial charge < -0.3 is 4.90 Å². The summed E-state index contributed by atoms with van der Waals surface area (Å²) < 4.78 is 0. The van der Waals surface area contributed by atoms with Gasteiger partial charge in [-0.15, -0.1) is 0 Å². The third-order valence-electron chi connectivity index (χ3n) is 2.93. The molecule has 1 fully saturated rings. The lowest BCUT2D eigenvalue weighted by molar-refractivity contribution is 0.205. The lowest BCUT2D eigenvalue weighted by atomic mass is 10.0. The fraction of sp³-hybridized carbons (Fsp3) is 0.417. The first kappa shape index (κ1) is 11.6. The largest absolute Gasteiger partial charge is 0.323 e. The second-order valence-corrected chi connectivity index (χ2v) is 4.17. The molecule has 2 rings (SSSR count). The number of amides is 2. The van der Waals surface area contributed by atoms with Crippen LogP contribution in [0.25, 0.3) is 0 Å². The Labute approximate surface area is 100 Å². The molecule has 90 valence electrons. The lowest BCUT2D eigenvalue weighted by Crippen LogP contribution is -2.30. The fourth-order valence-corrected chi connectivity index (χ4v) is 2.09. The predicted octanol–water partition coefficient (Wildman–Crippen LogP) is 1.84. The highest BCUT2D eigenvalue weighted by molar-refractivity contribution is 6.06. The maximum atomic E-state index is 11.7. The molecule has 1 aromatic heterocycles. The second kappa shape index (κ2) is 4.53. The zero-order chi connectivity index (χ0) is 12.4. The Morgan fingerprint density at radius 1 is 1.59 bits per heavy atom. The van der Waals surface area contributed by atoms with E-state index in [2.05, 4.69) is 10.3 Å². The van der Waals surface area contributed by atoms with Crippen molar-refractivity contribution in [3.63, 3.8) is 0 Å². The van der Waals surface area contributed by atoms with Gasteiger partial charge >= 0.3 is 6.03 Å². The molecule has 2 amide bonds. The summed E-state index contributed by atoms with van der Waals surface area (Å²) in [6.45, 7) is 4.63. The van der Waals surface area contributed by atoms with E-state index in [0.717, 1.165) is 17.5 Å². The number of urea groups is 1. The van der Waals surface area contributed by atoms with Crippen LogP contribution in [0, 0.1) is 12.3 Å². The molecule has 0 saturated carbocycles. The number of carbonyl (C=O) groups is 1. The minimum Gasteiger partial charge on any atom is -0.310 e. The second-order valence-electron chi connectivity index (χ2n) is 4.17. The lowest BCUT2D eigenvalue weighted by Gasteiger charge is -2.23. The quantitative estimate of drug-likeness (QED) is 0.835. The molecule has 2 heterocycles. The summed E-state index contributed by atoms with van der Waals surface area (Å²) in [4.78, 5) is 17.5. The van der Waals surface area contributed by atoms with Crippen LogP contribution in [0.2, 0.25) is 0 Å². The summed E-state index contributed by atoms with van der Waals surface area (Å²) in [5, 5.41) is 10.4. The molecule has 1 aliphatic heterocycles. The van der Waals surface area contributed by atoms with Crippen molar-refractivity contribution < 1.29 is 4.79 Å². The van der Waals surface area contributed by atoms with Crippen LogP contribution < -0.4 is 5.32 Å². The molecule has 0 aliphatic carbocycles. The van der Waals surface area contributed by atoms with Crippen LogP contribution in [-0.2, 0) is 0 Å². The standard InChI is InChI=1S/C12H16N4O/c1-3-6-16-10(11(13)15-12(16)17)9-7-14-5-4-8(9)2/h4-5,7,10H,3,6H2,1-2H3,(H2,13,15,17). The molecule has 1 unspecified atom stereocenters. The Balaban J connectivity index is 2.38. The van der Waals surface area contributed by atoms with Gasteiger partial charge in [-0.25, -0.2) is 4.79 Å². The molecule has 0 radical (unpaired) electrons. The minimum atomic E-state index is -0.309. The summed E-state index contributed by atoms with van der Waals surface area (Å²) in [6, 6.07) is 1.40. The van der Waals surface area contributed by atoms with E-state index in [0.29, 0.717) is 6.54 Å². The zero-order valence-corrected chi connectivity index (χ0v) is 10.0. The van der Waals surface area contributed by atoms with E-state index >= 15 is 0 Å². The molecule has 1 atom stereocenters. The van der Waals surface area contributed by atoms with Crippen LogP contribution in [0.3, 0.4) is 0 Å². The van der Waals surface area contributed by atoms with Crippen molar-refractivity contribution in [2.45, 2.75) is 26.3 Å². The summed E-state index contributed by atoms with van der Waals surface area (Å²) in [5.74, 6) is 0.236. The molecule has 5 heteroatoms. The van der Waals surface area contributed by atoms with E-state index in [9.17, 15) is 4.79 Å². The van der Waals surface area contributed by atoms with E-state index in [-0.39, 0.29) is 17.9 Å². The normalized spacial score (nSPS) is 19.6. The van der Waals surface area contributed by atoms with Gasteiger partial charge in [0.15, 0.2) is 0 Å². The Hall–Kier alpha value is -1.91. The minimum absolute atomic E-state index is 0.190. The van der Waals surface area contributed by atoms with Crippen molar-refractivity contribution in [1.82, 2.24) is 15.2 Å². The van der Waals surface area contributed by atoms with Gasteiger partial charge in [0.2, 0.25) is 0 Å². The third kappa shape index (κ3) is 2.00. The first-order valence-corrected chi connectivity index (χ1v) is 5.71. The molecule has 2 N–H and O–H groups in total. The van der Waals surface area contributed by atoms with Crippen LogP contribution in [-0.4, -0.2) is 28.3 Å². The predicted molar refractivity (Wildman–Crippen MR) is 65.0 cm³/mol. The van der Waals surface area contributed by atoms with Gasteiger partial charge in [-0.3, -0.25) is 15.7 Å². The van der Waals surface area contributed by atoms with Crippen LogP contribution in [0.1, 0.15) is 30.5 Å². The van der Waals surface area contributed by atoms with Gasteiger partial charge in [-0.2, -0.15) is 0 Å². The van der Waals surface area contributed by atoms with Gasteiger partial charge in [0, 0.05) is 24.5 Å². The van der Waals surface area contributed by atoms with Crippen molar-refractivity contribution in [3.8, 4) is 0 Å². The summed E-state index contributed by atoms with van der Waals surface area (Å²) in [7, 11) is 0. The van der Waals surface area contributed by atoms with Gasteiger partial charge in [0.1, 0.15) is 11.9 Å². The molecular formula is C12H16N4O. The highest BCUT2D eigenvalue weighted by atomic mass is 16.2. The average molecular weight is 232 g/mol. The topological polar surface area (TPSA) is 69.1 Å². The molecule has 0 bridgehead atoms. The van der Waals surface area contributed by atoms with Crippen molar-refractivity contribution in [3.05, 3.63) is 29.6 Å². The van der Waals surface area contributed by atoms with E-state index in [1.54, 1.807) is 17.3 Å². The van der Waals surface area contributed by atoms with Gasteiger partial charge in [0.25, 0.3) is 0 Å². The van der Waals surface area contributed by atoms with E-state index in [1.165, 1.54) is 0 Å². The number of aryl methyl sites for hydroxylation is 1. The monoisotopic (exact) mass is 232 g/mol. The molecular weight excluding hydrogens is 216 g/mol. The SMILES string of the molecule is CCCN1C(=O)NC(=N)C1c1cnccc1C. The third-order valence-corrected chi connectivity index (χ3v) is 2.93. The number of carbonyl (C=O) groups excluding carboxylic acids is 1. The maximum absolute atomic E-state index is 11.7. The summed E-state index contributed by atoms with van der Waals surface area (Å²) in [6.07, 6.45) is 4.32. The number of rotatable bonds is 3. The smallest absolute Gasteiger partial charge is 0.310 e. The summed E-state index contributed by atoms with van der Waals surface area (Å²) in [5.41, 5.74) is 1.97. The molecule has 1 aromatic rings. The Morgan fingerprint density at radius 2 is 2.35 bits per heavy atom. The van der Waals surface area contributed by atoms with E-state index < -0.39 is 0 Å². The Kier molecular flexibility index (Phi) is 3.08. The first-order valence-electron chi connectivity index (χ1n) is 5.71. The van der Waals surface area contributed by atoms with Crippen molar-refractivity contribution in [1.29, 1.82) is 5.41 Å². The average Bonchev–Trinajstić information content (AvgIpc) is 2.56. The van der Waals surface area contributed by atoms with Gasteiger partial charge in [-0.05, 0) is 25.0 Å². The Bertz CT molecular complexity index is 458. The van der Waals surface area contributed by atoms with Crippen LogP contribution in [0.15, 0.2) is 18.5 Å². The number of pyridine rings is 1. The molecule has 0 spiro atoms. The van der Waals surface area contributed by atoms with Gasteiger partial charge in [0.05, 0.1) is 0 Å². The zero-order valence-electron chi connectivity index (χ0n) is 10.0. The van der Waals surface area contributed by atoms with Crippen LogP contribution in [0.4, 0.5) is 4.79 Å². The number of aromatic nitrogens is 1. The van der Waals surface area contributed by atoms with Gasteiger partial charge in [-0.1, -0.05) is 6.92 Å². The van der Waals surface area contributed by atoms with E-state index in [4.69, 9.17) is 5.41 Å². The van der Waals surface area contributed by atoms with E-state index in [1.807, 2.05) is 19.9 Å². The molecule has 1 saturated heterocycles. The number of amidine groups is 1. The number of hydrogen-bond acceptors (Lipinski definition) is 3. The van der Waals surface area contributed by atoms with Crippen molar-refractivity contribution >= 4 is 11.9 Å². The molecule has 5 nitrogen and oxygen atoms in total.